The Hall–Kier alpha value is -2.49. The standard InChI is InChI=1S/C21H25NO3/c1-4-22(19-9-7-6-8-15(19)3)21(23)17-12-16-13-18(24-5-2)10-11-20(16)25-14-17/h6-11,13,17H,4-5,12,14H2,1-3H3. The third-order valence-corrected chi connectivity index (χ3v) is 4.59. The molecule has 0 saturated carbocycles. The van der Waals surface area contributed by atoms with Gasteiger partial charge in [0.25, 0.3) is 0 Å². The predicted octanol–water partition coefficient (Wildman–Crippen LogP) is 4.00. The molecule has 1 atom stereocenters. The highest BCUT2D eigenvalue weighted by Crippen LogP contribution is 2.32. The first-order valence-corrected chi connectivity index (χ1v) is 8.89. The van der Waals surface area contributed by atoms with Crippen molar-refractivity contribution >= 4 is 11.6 Å². The highest BCUT2D eigenvalue weighted by molar-refractivity contribution is 5.96. The monoisotopic (exact) mass is 339 g/mol. The van der Waals surface area contributed by atoms with Crippen molar-refractivity contribution in [1.29, 1.82) is 0 Å². The Morgan fingerprint density at radius 1 is 1.24 bits per heavy atom. The molecule has 1 unspecified atom stereocenters. The van der Waals surface area contributed by atoms with Crippen LogP contribution in [0.4, 0.5) is 5.69 Å². The normalized spacial score (nSPS) is 15.9. The van der Waals surface area contributed by atoms with Crippen LogP contribution in [0.1, 0.15) is 25.0 Å². The number of aryl methyl sites for hydroxylation is 1. The lowest BCUT2D eigenvalue weighted by Crippen LogP contribution is -2.41. The Labute approximate surface area is 149 Å². The van der Waals surface area contributed by atoms with Gasteiger partial charge in [-0.05, 0) is 62.6 Å². The minimum absolute atomic E-state index is 0.115. The molecule has 4 nitrogen and oxygen atoms in total. The largest absolute Gasteiger partial charge is 0.494 e. The van der Waals surface area contributed by atoms with E-state index in [1.54, 1.807) is 0 Å². The van der Waals surface area contributed by atoms with E-state index < -0.39 is 0 Å². The summed E-state index contributed by atoms with van der Waals surface area (Å²) >= 11 is 0. The minimum atomic E-state index is -0.177. The Morgan fingerprint density at radius 2 is 2.04 bits per heavy atom. The van der Waals surface area contributed by atoms with Crippen molar-refractivity contribution < 1.29 is 14.3 Å². The summed E-state index contributed by atoms with van der Waals surface area (Å²) in [6.07, 6.45) is 0.678. The van der Waals surface area contributed by atoms with Gasteiger partial charge in [0.05, 0.1) is 12.5 Å². The van der Waals surface area contributed by atoms with E-state index in [4.69, 9.17) is 9.47 Å². The second kappa shape index (κ2) is 7.60. The number of rotatable bonds is 5. The number of carbonyl (C=O) groups is 1. The van der Waals surface area contributed by atoms with E-state index in [-0.39, 0.29) is 11.8 Å². The summed E-state index contributed by atoms with van der Waals surface area (Å²) < 4.78 is 11.4. The fraction of sp³-hybridized carbons (Fsp3) is 0.381. The van der Waals surface area contributed by atoms with E-state index in [0.717, 1.165) is 28.3 Å². The van der Waals surface area contributed by atoms with Crippen molar-refractivity contribution in [2.45, 2.75) is 27.2 Å². The highest BCUT2D eigenvalue weighted by Gasteiger charge is 2.30. The van der Waals surface area contributed by atoms with Gasteiger partial charge >= 0.3 is 0 Å². The average Bonchev–Trinajstić information content (AvgIpc) is 2.63. The van der Waals surface area contributed by atoms with Crippen LogP contribution in [-0.4, -0.2) is 25.7 Å². The SMILES string of the molecule is CCOc1ccc2c(c1)CC(C(=O)N(CC)c1ccccc1C)CO2. The van der Waals surface area contributed by atoms with Gasteiger partial charge in [-0.1, -0.05) is 18.2 Å². The summed E-state index contributed by atoms with van der Waals surface area (Å²) in [6, 6.07) is 13.8. The molecular formula is C21H25NO3. The van der Waals surface area contributed by atoms with E-state index in [0.29, 0.717) is 26.2 Å². The van der Waals surface area contributed by atoms with Gasteiger partial charge in [0.2, 0.25) is 5.91 Å². The molecule has 2 aromatic rings. The van der Waals surface area contributed by atoms with Crippen LogP contribution in [0.2, 0.25) is 0 Å². The van der Waals surface area contributed by atoms with Crippen LogP contribution in [0, 0.1) is 12.8 Å². The number of hydrogen-bond donors (Lipinski definition) is 0. The number of anilines is 1. The van der Waals surface area contributed by atoms with E-state index in [9.17, 15) is 4.79 Å². The van der Waals surface area contributed by atoms with E-state index in [2.05, 4.69) is 0 Å². The number of benzene rings is 2. The molecule has 0 bridgehead atoms. The molecule has 3 rings (SSSR count). The molecule has 0 N–H and O–H groups in total. The van der Waals surface area contributed by atoms with Crippen LogP contribution in [0.3, 0.4) is 0 Å². The van der Waals surface area contributed by atoms with Gasteiger partial charge in [-0.25, -0.2) is 0 Å². The van der Waals surface area contributed by atoms with E-state index in [1.165, 1.54) is 0 Å². The molecular weight excluding hydrogens is 314 g/mol. The lowest BCUT2D eigenvalue weighted by molar-refractivity contribution is -0.123. The van der Waals surface area contributed by atoms with Crippen molar-refractivity contribution in [3.8, 4) is 11.5 Å². The molecule has 1 aliphatic rings. The molecule has 1 amide bonds. The smallest absolute Gasteiger partial charge is 0.233 e. The third-order valence-electron chi connectivity index (χ3n) is 4.59. The topological polar surface area (TPSA) is 38.8 Å². The quantitative estimate of drug-likeness (QED) is 0.826. The summed E-state index contributed by atoms with van der Waals surface area (Å²) in [4.78, 5) is 15.0. The zero-order valence-electron chi connectivity index (χ0n) is 15.1. The van der Waals surface area contributed by atoms with Gasteiger partial charge in [-0.15, -0.1) is 0 Å². The maximum atomic E-state index is 13.1. The molecule has 0 spiro atoms. The van der Waals surface area contributed by atoms with Crippen molar-refractivity contribution in [2.75, 3.05) is 24.7 Å². The second-order valence-corrected chi connectivity index (χ2v) is 6.28. The molecule has 0 aromatic heterocycles. The zero-order chi connectivity index (χ0) is 17.8. The summed E-state index contributed by atoms with van der Waals surface area (Å²) in [6.45, 7) is 7.69. The number of amides is 1. The van der Waals surface area contributed by atoms with Gasteiger partial charge in [-0.3, -0.25) is 4.79 Å². The lowest BCUT2D eigenvalue weighted by atomic mass is 9.95. The number of hydrogen-bond acceptors (Lipinski definition) is 3. The first kappa shape index (κ1) is 17.3. The van der Waals surface area contributed by atoms with Crippen LogP contribution >= 0.6 is 0 Å². The fourth-order valence-corrected chi connectivity index (χ4v) is 3.32. The lowest BCUT2D eigenvalue weighted by Gasteiger charge is -2.30. The molecule has 25 heavy (non-hydrogen) atoms. The number of nitrogens with zero attached hydrogens (tertiary/aromatic N) is 1. The molecule has 2 aromatic carbocycles. The molecule has 1 aliphatic heterocycles. The second-order valence-electron chi connectivity index (χ2n) is 6.28. The summed E-state index contributed by atoms with van der Waals surface area (Å²) in [5.41, 5.74) is 3.12. The molecule has 1 heterocycles. The highest BCUT2D eigenvalue weighted by atomic mass is 16.5. The van der Waals surface area contributed by atoms with Crippen molar-refractivity contribution in [3.63, 3.8) is 0 Å². The molecule has 0 saturated heterocycles. The van der Waals surface area contributed by atoms with Crippen LogP contribution in [0.25, 0.3) is 0 Å². The van der Waals surface area contributed by atoms with E-state index in [1.807, 2.05) is 68.1 Å². The number of fused-ring (bicyclic) bond motifs is 1. The molecule has 132 valence electrons. The van der Waals surface area contributed by atoms with Crippen LogP contribution in [0.5, 0.6) is 11.5 Å². The summed E-state index contributed by atoms with van der Waals surface area (Å²) in [5, 5.41) is 0. The maximum absolute atomic E-state index is 13.1. The fourth-order valence-electron chi connectivity index (χ4n) is 3.32. The first-order chi connectivity index (χ1) is 12.1. The van der Waals surface area contributed by atoms with E-state index >= 15 is 0 Å². The summed E-state index contributed by atoms with van der Waals surface area (Å²) in [5.74, 6) is 1.61. The van der Waals surface area contributed by atoms with Crippen LogP contribution in [0.15, 0.2) is 42.5 Å². The van der Waals surface area contributed by atoms with Crippen molar-refractivity contribution in [2.24, 2.45) is 5.92 Å². The number of para-hydroxylation sites is 1. The van der Waals surface area contributed by atoms with Gasteiger partial charge in [0.15, 0.2) is 0 Å². The first-order valence-electron chi connectivity index (χ1n) is 8.89. The minimum Gasteiger partial charge on any atom is -0.494 e. The molecule has 4 heteroatoms. The number of ether oxygens (including phenoxy) is 2. The van der Waals surface area contributed by atoms with Gasteiger partial charge in [0, 0.05) is 12.2 Å². The third kappa shape index (κ3) is 3.63. The Morgan fingerprint density at radius 3 is 2.76 bits per heavy atom. The average molecular weight is 339 g/mol. The van der Waals surface area contributed by atoms with Gasteiger partial charge in [-0.2, -0.15) is 0 Å². The predicted molar refractivity (Wildman–Crippen MR) is 99.5 cm³/mol. The Bertz CT molecular complexity index is 757. The maximum Gasteiger partial charge on any atom is 0.233 e. The van der Waals surface area contributed by atoms with Crippen molar-refractivity contribution in [1.82, 2.24) is 0 Å². The molecule has 0 radical (unpaired) electrons. The van der Waals surface area contributed by atoms with Crippen LogP contribution in [-0.2, 0) is 11.2 Å². The van der Waals surface area contributed by atoms with Crippen LogP contribution < -0.4 is 14.4 Å². The Balaban J connectivity index is 1.81. The number of carbonyl (C=O) groups excluding carboxylic acids is 1. The molecule has 0 fully saturated rings. The van der Waals surface area contributed by atoms with Crippen molar-refractivity contribution in [3.05, 3.63) is 53.6 Å². The summed E-state index contributed by atoms with van der Waals surface area (Å²) in [7, 11) is 0. The Kier molecular flexibility index (Phi) is 5.27. The van der Waals surface area contributed by atoms with Gasteiger partial charge in [0.1, 0.15) is 18.1 Å². The zero-order valence-corrected chi connectivity index (χ0v) is 15.1. The molecule has 0 aliphatic carbocycles. The van der Waals surface area contributed by atoms with Gasteiger partial charge < -0.3 is 14.4 Å².